The molecule has 1 aromatic heterocycles. The Morgan fingerprint density at radius 1 is 1.14 bits per heavy atom. The second-order valence-corrected chi connectivity index (χ2v) is 6.95. The molecule has 2 aromatic rings. The molecule has 7 nitrogen and oxygen atoms in total. The average molecular weight is 321 g/mol. The smallest absolute Gasteiger partial charge is 0.242 e. The number of sulfonamides is 1. The second-order valence-electron chi connectivity index (χ2n) is 4.80. The van der Waals surface area contributed by atoms with Crippen LogP contribution in [0.2, 0.25) is 0 Å². The SMILES string of the molecule is CNc1ccnc(NCc2ccc(S(=O)(=O)N(C)C)cc2)n1. The lowest BCUT2D eigenvalue weighted by molar-refractivity contribution is 0.520. The van der Waals surface area contributed by atoms with Crippen molar-refractivity contribution in [2.75, 3.05) is 31.8 Å². The van der Waals surface area contributed by atoms with Gasteiger partial charge in [0.25, 0.3) is 0 Å². The lowest BCUT2D eigenvalue weighted by Gasteiger charge is -2.12. The Morgan fingerprint density at radius 3 is 2.41 bits per heavy atom. The Kier molecular flexibility index (Phi) is 4.94. The minimum absolute atomic E-state index is 0.273. The summed E-state index contributed by atoms with van der Waals surface area (Å²) < 4.78 is 25.1. The molecule has 0 saturated carbocycles. The van der Waals surface area contributed by atoms with E-state index in [4.69, 9.17) is 0 Å². The number of hydrogen-bond acceptors (Lipinski definition) is 6. The minimum Gasteiger partial charge on any atom is -0.373 e. The predicted octanol–water partition coefficient (Wildman–Crippen LogP) is 1.38. The third-order valence-electron chi connectivity index (χ3n) is 3.06. The van der Waals surface area contributed by atoms with Crippen molar-refractivity contribution in [1.29, 1.82) is 0 Å². The summed E-state index contributed by atoms with van der Waals surface area (Å²) in [4.78, 5) is 8.64. The van der Waals surface area contributed by atoms with E-state index in [9.17, 15) is 8.42 Å². The van der Waals surface area contributed by atoms with E-state index in [1.54, 1.807) is 43.6 Å². The van der Waals surface area contributed by atoms with Gasteiger partial charge in [-0.1, -0.05) is 12.1 Å². The molecule has 8 heteroatoms. The van der Waals surface area contributed by atoms with E-state index >= 15 is 0 Å². The van der Waals surface area contributed by atoms with E-state index in [1.165, 1.54) is 18.4 Å². The number of hydrogen-bond donors (Lipinski definition) is 2. The highest BCUT2D eigenvalue weighted by atomic mass is 32.2. The van der Waals surface area contributed by atoms with Crippen molar-refractivity contribution in [1.82, 2.24) is 14.3 Å². The van der Waals surface area contributed by atoms with Crippen LogP contribution in [-0.2, 0) is 16.6 Å². The van der Waals surface area contributed by atoms with Gasteiger partial charge in [-0.2, -0.15) is 4.98 Å². The first-order valence-corrected chi connectivity index (χ1v) is 8.13. The summed E-state index contributed by atoms with van der Waals surface area (Å²) in [5.74, 6) is 1.24. The van der Waals surface area contributed by atoms with Crippen LogP contribution < -0.4 is 10.6 Å². The van der Waals surface area contributed by atoms with Gasteiger partial charge in [-0.3, -0.25) is 0 Å². The fourth-order valence-corrected chi connectivity index (χ4v) is 2.66. The zero-order chi connectivity index (χ0) is 16.2. The van der Waals surface area contributed by atoms with Crippen LogP contribution in [0.25, 0.3) is 0 Å². The maximum atomic E-state index is 12.0. The quantitative estimate of drug-likeness (QED) is 0.836. The molecule has 0 saturated heterocycles. The Bertz CT molecular complexity index is 729. The van der Waals surface area contributed by atoms with Gasteiger partial charge >= 0.3 is 0 Å². The Balaban J connectivity index is 2.05. The number of benzene rings is 1. The maximum absolute atomic E-state index is 12.0. The summed E-state index contributed by atoms with van der Waals surface area (Å²) in [6.07, 6.45) is 1.66. The topological polar surface area (TPSA) is 87.2 Å². The van der Waals surface area contributed by atoms with Gasteiger partial charge in [-0.25, -0.2) is 17.7 Å². The maximum Gasteiger partial charge on any atom is 0.242 e. The van der Waals surface area contributed by atoms with Crippen LogP contribution in [0.4, 0.5) is 11.8 Å². The number of anilines is 2. The molecule has 2 rings (SSSR count). The highest BCUT2D eigenvalue weighted by Crippen LogP contribution is 2.14. The summed E-state index contributed by atoms with van der Waals surface area (Å²) in [5, 5.41) is 6.03. The summed E-state index contributed by atoms with van der Waals surface area (Å²) in [6, 6.07) is 8.50. The normalized spacial score (nSPS) is 11.5. The molecule has 2 N–H and O–H groups in total. The van der Waals surface area contributed by atoms with Crippen LogP contribution in [0.1, 0.15) is 5.56 Å². The Labute approximate surface area is 130 Å². The van der Waals surface area contributed by atoms with Crippen LogP contribution in [0.15, 0.2) is 41.4 Å². The van der Waals surface area contributed by atoms with E-state index in [0.717, 1.165) is 11.4 Å². The molecule has 22 heavy (non-hydrogen) atoms. The van der Waals surface area contributed by atoms with Gasteiger partial charge in [0.2, 0.25) is 16.0 Å². The molecule has 0 unspecified atom stereocenters. The van der Waals surface area contributed by atoms with Crippen molar-refractivity contribution in [2.45, 2.75) is 11.4 Å². The summed E-state index contributed by atoms with van der Waals surface area (Å²) in [7, 11) is 1.42. The monoisotopic (exact) mass is 321 g/mol. The fourth-order valence-electron chi connectivity index (χ4n) is 1.75. The van der Waals surface area contributed by atoms with Crippen LogP contribution >= 0.6 is 0 Å². The lowest BCUT2D eigenvalue weighted by Crippen LogP contribution is -2.22. The van der Waals surface area contributed by atoms with Gasteiger partial charge in [0.15, 0.2) is 0 Å². The van der Waals surface area contributed by atoms with E-state index in [1.807, 2.05) is 0 Å². The summed E-state index contributed by atoms with van der Waals surface area (Å²) in [6.45, 7) is 0.509. The zero-order valence-electron chi connectivity index (χ0n) is 12.7. The third kappa shape index (κ3) is 3.71. The highest BCUT2D eigenvalue weighted by Gasteiger charge is 2.16. The van der Waals surface area contributed by atoms with Crippen molar-refractivity contribution >= 4 is 21.8 Å². The molecule has 118 valence electrons. The van der Waals surface area contributed by atoms with Crippen molar-refractivity contribution in [2.24, 2.45) is 0 Å². The van der Waals surface area contributed by atoms with E-state index < -0.39 is 10.0 Å². The molecular weight excluding hydrogens is 302 g/mol. The van der Waals surface area contributed by atoms with Crippen LogP contribution in [0.3, 0.4) is 0 Å². The molecule has 1 heterocycles. The molecule has 1 aromatic carbocycles. The van der Waals surface area contributed by atoms with Gasteiger partial charge < -0.3 is 10.6 Å². The summed E-state index contributed by atoms with van der Waals surface area (Å²) in [5.41, 5.74) is 0.941. The highest BCUT2D eigenvalue weighted by molar-refractivity contribution is 7.89. The first-order chi connectivity index (χ1) is 10.4. The van der Waals surface area contributed by atoms with Crippen molar-refractivity contribution in [3.63, 3.8) is 0 Å². The Hall–Kier alpha value is -2.19. The summed E-state index contributed by atoms with van der Waals surface area (Å²) >= 11 is 0. The standard InChI is InChI=1S/C14H19N5O2S/c1-15-13-8-9-16-14(18-13)17-10-11-4-6-12(7-5-11)22(20,21)19(2)3/h4-9H,10H2,1-3H3,(H2,15,16,17,18). The van der Waals surface area contributed by atoms with Gasteiger partial charge in [0, 0.05) is 33.9 Å². The molecule has 0 aliphatic heterocycles. The number of aromatic nitrogens is 2. The van der Waals surface area contributed by atoms with E-state index in [-0.39, 0.29) is 4.90 Å². The first-order valence-electron chi connectivity index (χ1n) is 6.69. The molecule has 0 bridgehead atoms. The van der Waals surface area contributed by atoms with Crippen molar-refractivity contribution in [3.05, 3.63) is 42.1 Å². The van der Waals surface area contributed by atoms with Gasteiger partial charge in [-0.15, -0.1) is 0 Å². The third-order valence-corrected chi connectivity index (χ3v) is 4.89. The molecule has 0 atom stereocenters. The molecule has 0 amide bonds. The first kappa shape index (κ1) is 16.2. The Morgan fingerprint density at radius 2 is 1.82 bits per heavy atom. The number of nitrogens with one attached hydrogen (secondary N) is 2. The van der Waals surface area contributed by atoms with Crippen LogP contribution in [0.5, 0.6) is 0 Å². The molecule has 0 radical (unpaired) electrons. The second kappa shape index (κ2) is 6.71. The molecule has 0 aliphatic carbocycles. The average Bonchev–Trinajstić information content (AvgIpc) is 2.53. The van der Waals surface area contributed by atoms with E-state index in [0.29, 0.717) is 12.5 Å². The van der Waals surface area contributed by atoms with Gasteiger partial charge in [0.1, 0.15) is 5.82 Å². The molecular formula is C14H19N5O2S. The molecule has 0 fully saturated rings. The molecule has 0 spiro atoms. The largest absolute Gasteiger partial charge is 0.373 e. The van der Waals surface area contributed by atoms with Gasteiger partial charge in [-0.05, 0) is 23.8 Å². The number of rotatable bonds is 6. The number of nitrogens with zero attached hydrogens (tertiary/aromatic N) is 3. The van der Waals surface area contributed by atoms with E-state index in [2.05, 4.69) is 20.6 Å². The molecule has 0 aliphatic rings. The van der Waals surface area contributed by atoms with Crippen LogP contribution in [-0.4, -0.2) is 43.8 Å². The van der Waals surface area contributed by atoms with Crippen LogP contribution in [0, 0.1) is 0 Å². The lowest BCUT2D eigenvalue weighted by atomic mass is 10.2. The van der Waals surface area contributed by atoms with Crippen molar-refractivity contribution in [3.8, 4) is 0 Å². The zero-order valence-corrected chi connectivity index (χ0v) is 13.6. The predicted molar refractivity (Wildman–Crippen MR) is 86.2 cm³/mol. The fraction of sp³-hybridized carbons (Fsp3) is 0.286. The van der Waals surface area contributed by atoms with Crippen molar-refractivity contribution < 1.29 is 8.42 Å². The minimum atomic E-state index is -3.39. The van der Waals surface area contributed by atoms with Gasteiger partial charge in [0.05, 0.1) is 4.90 Å².